The first-order chi connectivity index (χ1) is 9.02. The van der Waals surface area contributed by atoms with Gasteiger partial charge in [0, 0.05) is 19.0 Å². The van der Waals surface area contributed by atoms with Crippen molar-refractivity contribution in [1.29, 1.82) is 0 Å². The van der Waals surface area contributed by atoms with Gasteiger partial charge >= 0.3 is 5.97 Å². The highest BCUT2D eigenvalue weighted by atomic mass is 16.5. The van der Waals surface area contributed by atoms with Crippen LogP contribution in [0.2, 0.25) is 0 Å². The summed E-state index contributed by atoms with van der Waals surface area (Å²) in [6.45, 7) is 1.19. The van der Waals surface area contributed by atoms with Crippen LogP contribution in [0, 0.1) is 0 Å². The summed E-state index contributed by atoms with van der Waals surface area (Å²) in [4.78, 5) is 33.9. The molecule has 0 saturated carbocycles. The van der Waals surface area contributed by atoms with Gasteiger partial charge < -0.3 is 15.2 Å². The van der Waals surface area contributed by atoms with Gasteiger partial charge in [-0.1, -0.05) is 12.1 Å². The number of esters is 1. The third-order valence-corrected chi connectivity index (χ3v) is 2.17. The molecule has 0 bridgehead atoms. The zero-order valence-corrected chi connectivity index (χ0v) is 10.5. The van der Waals surface area contributed by atoms with Crippen molar-refractivity contribution in [1.82, 2.24) is 5.32 Å². The number of aliphatic hydroxyl groups is 1. The number of carbonyl (C=O) groups excluding carboxylic acids is 3. The van der Waals surface area contributed by atoms with Gasteiger partial charge in [-0.15, -0.1) is 0 Å². The van der Waals surface area contributed by atoms with E-state index in [-0.39, 0.29) is 36.7 Å². The molecule has 2 N–H and O–H groups in total. The van der Waals surface area contributed by atoms with Gasteiger partial charge in [0.15, 0.2) is 5.78 Å². The number of hydrogen-bond acceptors (Lipinski definition) is 5. The fourth-order valence-electron chi connectivity index (χ4n) is 1.40. The predicted molar refractivity (Wildman–Crippen MR) is 66.8 cm³/mol. The monoisotopic (exact) mass is 265 g/mol. The Morgan fingerprint density at radius 3 is 2.68 bits per heavy atom. The number of hydrogen-bond donors (Lipinski definition) is 2. The molecule has 102 valence electrons. The van der Waals surface area contributed by atoms with Gasteiger partial charge in [0.2, 0.25) is 5.91 Å². The smallest absolute Gasteiger partial charge is 0.308 e. The molecule has 6 heteroatoms. The predicted octanol–water partition coefficient (Wildman–Crippen LogP) is 0.293. The Labute approximate surface area is 110 Å². The lowest BCUT2D eigenvalue weighted by atomic mass is 10.1. The van der Waals surface area contributed by atoms with Crippen LogP contribution in [-0.4, -0.2) is 35.9 Å². The first-order valence-corrected chi connectivity index (χ1v) is 5.72. The van der Waals surface area contributed by atoms with Crippen molar-refractivity contribution in [2.24, 2.45) is 0 Å². The number of carbonyl (C=O) groups is 3. The summed E-state index contributed by atoms with van der Waals surface area (Å²) in [5, 5.41) is 10.9. The summed E-state index contributed by atoms with van der Waals surface area (Å²) in [5.41, 5.74) is 0.290. The van der Waals surface area contributed by atoms with Gasteiger partial charge in [-0.3, -0.25) is 14.4 Å². The van der Waals surface area contributed by atoms with E-state index >= 15 is 0 Å². The maximum atomic E-state index is 11.8. The van der Waals surface area contributed by atoms with Crippen LogP contribution in [0.5, 0.6) is 5.75 Å². The summed E-state index contributed by atoms with van der Waals surface area (Å²) in [6.07, 6.45) is -0.316. The van der Waals surface area contributed by atoms with E-state index in [1.165, 1.54) is 19.1 Å². The van der Waals surface area contributed by atoms with E-state index in [0.717, 1.165) is 0 Å². The fraction of sp³-hybridized carbons (Fsp3) is 0.308. The van der Waals surface area contributed by atoms with Crippen LogP contribution in [-0.2, 0) is 9.59 Å². The Bertz CT molecular complexity index is 484. The first-order valence-electron chi connectivity index (χ1n) is 5.72. The molecule has 1 rings (SSSR count). The molecule has 1 aromatic rings. The molecule has 0 aliphatic heterocycles. The van der Waals surface area contributed by atoms with Crippen molar-refractivity contribution in [3.8, 4) is 5.75 Å². The fourth-order valence-corrected chi connectivity index (χ4v) is 1.40. The second kappa shape index (κ2) is 7.27. The lowest BCUT2D eigenvalue weighted by molar-refractivity contribution is -0.131. The van der Waals surface area contributed by atoms with E-state index in [0.29, 0.717) is 0 Å². The quantitative estimate of drug-likeness (QED) is 0.334. The zero-order chi connectivity index (χ0) is 14.3. The van der Waals surface area contributed by atoms with Gasteiger partial charge in [-0.2, -0.15) is 0 Å². The highest BCUT2D eigenvalue weighted by molar-refractivity contribution is 6.07. The highest BCUT2D eigenvalue weighted by Crippen LogP contribution is 2.14. The summed E-state index contributed by atoms with van der Waals surface area (Å²) >= 11 is 0. The zero-order valence-electron chi connectivity index (χ0n) is 10.5. The van der Waals surface area contributed by atoms with Crippen LogP contribution >= 0.6 is 0 Å². The molecular weight excluding hydrogens is 250 g/mol. The van der Waals surface area contributed by atoms with E-state index < -0.39 is 11.9 Å². The average molecular weight is 265 g/mol. The molecule has 0 aliphatic rings. The minimum atomic E-state index is -0.481. The summed E-state index contributed by atoms with van der Waals surface area (Å²) in [5.74, 6) is -1.07. The SMILES string of the molecule is CC(=O)Oc1cccc(C(=O)CC(=O)NCCO)c1. The van der Waals surface area contributed by atoms with E-state index in [1.54, 1.807) is 12.1 Å². The second-order valence-electron chi connectivity index (χ2n) is 3.79. The molecule has 0 aliphatic carbocycles. The van der Waals surface area contributed by atoms with Gasteiger partial charge in [0.1, 0.15) is 5.75 Å². The Balaban J connectivity index is 2.66. The Morgan fingerprint density at radius 2 is 2.05 bits per heavy atom. The Morgan fingerprint density at radius 1 is 1.32 bits per heavy atom. The Kier molecular flexibility index (Phi) is 5.69. The minimum Gasteiger partial charge on any atom is -0.427 e. The Hall–Kier alpha value is -2.21. The number of aliphatic hydroxyl groups excluding tert-OH is 1. The average Bonchev–Trinajstić information content (AvgIpc) is 2.35. The van der Waals surface area contributed by atoms with Gasteiger partial charge in [0.05, 0.1) is 13.0 Å². The van der Waals surface area contributed by atoms with Crippen LogP contribution in [0.25, 0.3) is 0 Å². The topological polar surface area (TPSA) is 92.7 Å². The van der Waals surface area contributed by atoms with Crippen LogP contribution in [0.3, 0.4) is 0 Å². The van der Waals surface area contributed by atoms with Crippen LogP contribution < -0.4 is 10.1 Å². The van der Waals surface area contributed by atoms with Crippen molar-refractivity contribution in [3.63, 3.8) is 0 Å². The van der Waals surface area contributed by atoms with Crippen LogP contribution in [0.4, 0.5) is 0 Å². The molecule has 0 spiro atoms. The number of ether oxygens (including phenoxy) is 1. The van der Waals surface area contributed by atoms with Crippen molar-refractivity contribution in [2.45, 2.75) is 13.3 Å². The molecule has 19 heavy (non-hydrogen) atoms. The molecule has 1 aromatic carbocycles. The highest BCUT2D eigenvalue weighted by Gasteiger charge is 2.12. The molecule has 6 nitrogen and oxygen atoms in total. The molecule has 0 heterocycles. The van der Waals surface area contributed by atoms with Crippen molar-refractivity contribution in [2.75, 3.05) is 13.2 Å². The van der Waals surface area contributed by atoms with E-state index in [9.17, 15) is 14.4 Å². The number of Topliss-reactive ketones (excluding diaryl/α,β-unsaturated/α-hetero) is 1. The number of ketones is 1. The molecule has 0 aromatic heterocycles. The van der Waals surface area contributed by atoms with Gasteiger partial charge in [0.25, 0.3) is 0 Å². The molecule has 0 fully saturated rings. The number of rotatable bonds is 6. The summed E-state index contributed by atoms with van der Waals surface area (Å²) < 4.78 is 4.85. The lowest BCUT2D eigenvalue weighted by Crippen LogP contribution is -2.28. The summed E-state index contributed by atoms with van der Waals surface area (Å²) in [7, 11) is 0. The van der Waals surface area contributed by atoms with Gasteiger partial charge in [-0.05, 0) is 12.1 Å². The standard InChI is InChI=1S/C13H15NO5/c1-9(16)19-11-4-2-3-10(7-11)12(17)8-13(18)14-5-6-15/h2-4,7,15H,5-6,8H2,1H3,(H,14,18). The summed E-state index contributed by atoms with van der Waals surface area (Å²) in [6, 6.07) is 6.05. The van der Waals surface area contributed by atoms with E-state index in [2.05, 4.69) is 5.32 Å². The van der Waals surface area contributed by atoms with Crippen molar-refractivity contribution < 1.29 is 24.2 Å². The minimum absolute atomic E-state index is 0.111. The van der Waals surface area contributed by atoms with Crippen LogP contribution in [0.1, 0.15) is 23.7 Å². The third kappa shape index (κ3) is 5.31. The number of nitrogens with one attached hydrogen (secondary N) is 1. The van der Waals surface area contributed by atoms with E-state index in [1.807, 2.05) is 0 Å². The largest absolute Gasteiger partial charge is 0.427 e. The first kappa shape index (κ1) is 14.8. The van der Waals surface area contributed by atoms with Gasteiger partial charge in [-0.25, -0.2) is 0 Å². The van der Waals surface area contributed by atoms with Crippen LogP contribution in [0.15, 0.2) is 24.3 Å². The number of amides is 1. The molecule has 0 radical (unpaired) electrons. The number of benzene rings is 1. The van der Waals surface area contributed by atoms with Crippen molar-refractivity contribution in [3.05, 3.63) is 29.8 Å². The maximum absolute atomic E-state index is 11.8. The molecule has 1 amide bonds. The second-order valence-corrected chi connectivity index (χ2v) is 3.79. The normalized spacial score (nSPS) is 9.79. The van der Waals surface area contributed by atoms with Crippen molar-refractivity contribution >= 4 is 17.7 Å². The third-order valence-electron chi connectivity index (χ3n) is 2.17. The molecule has 0 atom stereocenters. The van der Waals surface area contributed by atoms with E-state index in [4.69, 9.17) is 9.84 Å². The molecule has 0 saturated heterocycles. The molecule has 0 unspecified atom stereocenters. The lowest BCUT2D eigenvalue weighted by Gasteiger charge is -2.05. The maximum Gasteiger partial charge on any atom is 0.308 e. The molecular formula is C13H15NO5.